The van der Waals surface area contributed by atoms with Gasteiger partial charge >= 0.3 is 0 Å². The Morgan fingerprint density at radius 2 is 2.44 bits per heavy atom. The van der Waals surface area contributed by atoms with Gasteiger partial charge in [-0.1, -0.05) is 11.6 Å². The van der Waals surface area contributed by atoms with Crippen LogP contribution in [0.15, 0.2) is 10.5 Å². The molecule has 90 valence electrons. The minimum atomic E-state index is -0.109. The summed E-state index contributed by atoms with van der Waals surface area (Å²) in [4.78, 5) is 1.23. The van der Waals surface area contributed by atoms with E-state index in [4.69, 9.17) is 16.3 Å². The summed E-state index contributed by atoms with van der Waals surface area (Å²) >= 11 is 11.1. The molecule has 2 rings (SSSR count). The number of rotatable bonds is 3. The molecule has 2 nitrogen and oxygen atoms in total. The maximum absolute atomic E-state index is 6.09. The lowest BCUT2D eigenvalue weighted by Gasteiger charge is -2.32. The molecule has 1 N–H and O–H groups in total. The molecular formula is C11H15BrClNOS. The van der Waals surface area contributed by atoms with Gasteiger partial charge in [0, 0.05) is 16.0 Å². The second-order valence-electron chi connectivity index (χ2n) is 4.26. The summed E-state index contributed by atoms with van der Waals surface area (Å²) in [5.41, 5.74) is -0.109. The van der Waals surface area contributed by atoms with Gasteiger partial charge in [-0.25, -0.2) is 0 Å². The van der Waals surface area contributed by atoms with Gasteiger partial charge in [-0.05, 0) is 48.8 Å². The summed E-state index contributed by atoms with van der Waals surface area (Å²) in [6.07, 6.45) is 2.22. The van der Waals surface area contributed by atoms with Crippen molar-refractivity contribution < 1.29 is 4.74 Å². The van der Waals surface area contributed by atoms with Gasteiger partial charge in [-0.2, -0.15) is 0 Å². The SMILES string of the molecule is CNC(c1cc(Br)c(Cl)s1)C1(C)CCCO1. The molecule has 1 saturated heterocycles. The highest BCUT2D eigenvalue weighted by molar-refractivity contribution is 9.10. The molecule has 0 amide bonds. The molecule has 0 aromatic carbocycles. The summed E-state index contributed by atoms with van der Waals surface area (Å²) in [5, 5.41) is 3.35. The van der Waals surface area contributed by atoms with Crippen molar-refractivity contribution in [3.8, 4) is 0 Å². The predicted molar refractivity (Wildman–Crippen MR) is 72.4 cm³/mol. The maximum Gasteiger partial charge on any atom is 0.107 e. The highest BCUT2D eigenvalue weighted by Gasteiger charge is 2.39. The third-order valence-corrected chi connectivity index (χ3v) is 5.64. The van der Waals surface area contributed by atoms with Crippen LogP contribution in [0.25, 0.3) is 0 Å². The number of likely N-dealkylation sites (N-methyl/N-ethyl adjacent to an activating group) is 1. The van der Waals surface area contributed by atoms with Crippen molar-refractivity contribution in [1.82, 2.24) is 5.32 Å². The lowest BCUT2D eigenvalue weighted by atomic mass is 9.92. The monoisotopic (exact) mass is 323 g/mol. The van der Waals surface area contributed by atoms with Gasteiger partial charge in [0.15, 0.2) is 0 Å². The van der Waals surface area contributed by atoms with Crippen molar-refractivity contribution in [2.75, 3.05) is 13.7 Å². The quantitative estimate of drug-likeness (QED) is 0.907. The van der Waals surface area contributed by atoms with Crippen molar-refractivity contribution in [2.45, 2.75) is 31.4 Å². The van der Waals surface area contributed by atoms with E-state index < -0.39 is 0 Å². The molecule has 16 heavy (non-hydrogen) atoms. The van der Waals surface area contributed by atoms with E-state index in [9.17, 15) is 0 Å². The summed E-state index contributed by atoms with van der Waals surface area (Å²) in [6, 6.07) is 2.30. The summed E-state index contributed by atoms with van der Waals surface area (Å²) in [5.74, 6) is 0. The molecule has 0 radical (unpaired) electrons. The molecule has 0 spiro atoms. The summed E-state index contributed by atoms with van der Waals surface area (Å²) < 4.78 is 7.65. The molecule has 2 heterocycles. The molecular weight excluding hydrogens is 310 g/mol. The first-order valence-electron chi connectivity index (χ1n) is 5.33. The molecule has 5 heteroatoms. The zero-order valence-corrected chi connectivity index (χ0v) is 12.5. The van der Waals surface area contributed by atoms with Crippen molar-refractivity contribution in [1.29, 1.82) is 0 Å². The number of ether oxygens (including phenoxy) is 1. The Morgan fingerprint density at radius 3 is 2.88 bits per heavy atom. The van der Waals surface area contributed by atoms with E-state index >= 15 is 0 Å². The Morgan fingerprint density at radius 1 is 1.69 bits per heavy atom. The van der Waals surface area contributed by atoms with E-state index in [-0.39, 0.29) is 11.6 Å². The summed E-state index contributed by atoms with van der Waals surface area (Å²) in [7, 11) is 1.97. The van der Waals surface area contributed by atoms with E-state index in [1.54, 1.807) is 11.3 Å². The lowest BCUT2D eigenvalue weighted by molar-refractivity contribution is -0.00949. The van der Waals surface area contributed by atoms with Gasteiger partial charge in [-0.15, -0.1) is 11.3 Å². The van der Waals surface area contributed by atoms with Crippen molar-refractivity contribution >= 4 is 38.9 Å². The van der Waals surface area contributed by atoms with Crippen LogP contribution >= 0.6 is 38.9 Å². The first kappa shape index (κ1) is 12.8. The highest BCUT2D eigenvalue weighted by Crippen LogP contribution is 2.43. The molecule has 1 aromatic heterocycles. The fourth-order valence-corrected chi connectivity index (χ4v) is 4.27. The molecule has 0 aliphatic carbocycles. The molecule has 2 unspecified atom stereocenters. The highest BCUT2D eigenvalue weighted by atomic mass is 79.9. The number of nitrogens with one attached hydrogen (secondary N) is 1. The molecule has 1 fully saturated rings. The Hall–Kier alpha value is 0.390. The van der Waals surface area contributed by atoms with Crippen LogP contribution < -0.4 is 5.32 Å². The smallest absolute Gasteiger partial charge is 0.107 e. The van der Waals surface area contributed by atoms with Gasteiger partial charge in [0.1, 0.15) is 4.34 Å². The van der Waals surface area contributed by atoms with E-state index in [0.717, 1.165) is 28.3 Å². The van der Waals surface area contributed by atoms with Crippen LogP contribution in [-0.2, 0) is 4.74 Å². The average Bonchev–Trinajstić information content (AvgIpc) is 2.77. The Labute approximate surface area is 113 Å². The molecule has 2 atom stereocenters. The second kappa shape index (κ2) is 4.94. The number of halogens is 2. The topological polar surface area (TPSA) is 21.3 Å². The third kappa shape index (κ3) is 2.31. The normalized spacial score (nSPS) is 27.2. The van der Waals surface area contributed by atoms with Gasteiger partial charge in [0.2, 0.25) is 0 Å². The fraction of sp³-hybridized carbons (Fsp3) is 0.636. The van der Waals surface area contributed by atoms with Crippen LogP contribution in [0.2, 0.25) is 4.34 Å². The zero-order chi connectivity index (χ0) is 11.8. The van der Waals surface area contributed by atoms with Crippen molar-refractivity contribution in [3.05, 3.63) is 19.8 Å². The first-order chi connectivity index (χ1) is 7.57. The van der Waals surface area contributed by atoms with Gasteiger partial charge < -0.3 is 10.1 Å². The maximum atomic E-state index is 6.09. The zero-order valence-electron chi connectivity index (χ0n) is 9.35. The Bertz CT molecular complexity index is 357. The van der Waals surface area contributed by atoms with Crippen LogP contribution in [0.5, 0.6) is 0 Å². The van der Waals surface area contributed by atoms with Crippen LogP contribution in [-0.4, -0.2) is 19.3 Å². The van der Waals surface area contributed by atoms with Gasteiger partial charge in [0.25, 0.3) is 0 Å². The molecule has 1 aliphatic rings. The van der Waals surface area contributed by atoms with E-state index in [2.05, 4.69) is 34.2 Å². The van der Waals surface area contributed by atoms with E-state index in [1.165, 1.54) is 4.88 Å². The standard InChI is InChI=1S/C11H15BrClNOS/c1-11(4-3-5-15-11)9(14-2)8-6-7(12)10(13)16-8/h6,9,14H,3-5H2,1-2H3. The van der Waals surface area contributed by atoms with E-state index in [1.807, 2.05) is 7.05 Å². The first-order valence-corrected chi connectivity index (χ1v) is 7.31. The molecule has 0 saturated carbocycles. The number of hydrogen-bond acceptors (Lipinski definition) is 3. The lowest BCUT2D eigenvalue weighted by Crippen LogP contribution is -2.39. The molecule has 1 aromatic rings. The van der Waals surface area contributed by atoms with Gasteiger partial charge in [-0.3, -0.25) is 0 Å². The largest absolute Gasteiger partial charge is 0.373 e. The van der Waals surface area contributed by atoms with Crippen molar-refractivity contribution in [3.63, 3.8) is 0 Å². The van der Waals surface area contributed by atoms with Crippen LogP contribution in [0, 0.1) is 0 Å². The van der Waals surface area contributed by atoms with Crippen LogP contribution in [0.4, 0.5) is 0 Å². The minimum absolute atomic E-state index is 0.109. The Kier molecular flexibility index (Phi) is 3.97. The molecule has 1 aliphatic heterocycles. The minimum Gasteiger partial charge on any atom is -0.373 e. The van der Waals surface area contributed by atoms with Gasteiger partial charge in [0.05, 0.1) is 11.6 Å². The molecule has 0 bridgehead atoms. The summed E-state index contributed by atoms with van der Waals surface area (Å²) in [6.45, 7) is 3.03. The fourth-order valence-electron chi connectivity index (χ4n) is 2.28. The second-order valence-corrected chi connectivity index (χ2v) is 6.80. The third-order valence-electron chi connectivity index (χ3n) is 3.10. The number of hydrogen-bond donors (Lipinski definition) is 1. The van der Waals surface area contributed by atoms with Crippen LogP contribution in [0.3, 0.4) is 0 Å². The predicted octanol–water partition coefficient (Wildman–Crippen LogP) is 3.99. The van der Waals surface area contributed by atoms with Crippen LogP contribution in [0.1, 0.15) is 30.7 Å². The average molecular weight is 325 g/mol. The number of thiophene rings is 1. The Balaban J connectivity index is 2.28. The van der Waals surface area contributed by atoms with E-state index in [0.29, 0.717) is 0 Å². The van der Waals surface area contributed by atoms with Crippen molar-refractivity contribution in [2.24, 2.45) is 0 Å².